The molecule has 0 amide bonds. The number of aliphatic hydroxyl groups excluding tert-OH is 2. The molecule has 1 heterocycles. The average Bonchev–Trinajstić information content (AvgIpc) is 2.87. The maximum Gasteiger partial charge on any atom is 0.195 e. The highest BCUT2D eigenvalue weighted by Gasteiger charge is 2.41. The molecule has 0 bridgehead atoms. The minimum absolute atomic E-state index is 0.102. The molecule has 1 aliphatic rings. The molecule has 2 N–H and O–H groups in total. The van der Waals surface area contributed by atoms with Gasteiger partial charge in [-0.15, -0.1) is 0 Å². The third-order valence-electron chi connectivity index (χ3n) is 4.53. The molecule has 0 aromatic carbocycles. The lowest BCUT2D eigenvalue weighted by atomic mass is 9.83. The van der Waals surface area contributed by atoms with Crippen molar-refractivity contribution in [2.24, 2.45) is 10.4 Å². The van der Waals surface area contributed by atoms with Crippen LogP contribution in [-0.4, -0.2) is 41.5 Å². The van der Waals surface area contributed by atoms with Gasteiger partial charge in [0.15, 0.2) is 5.90 Å². The van der Waals surface area contributed by atoms with Crippen LogP contribution in [-0.2, 0) is 4.74 Å². The second-order valence-corrected chi connectivity index (χ2v) is 7.34. The molecule has 0 fully saturated rings. The molecule has 0 spiro atoms. The molecule has 0 aromatic rings. The van der Waals surface area contributed by atoms with Crippen molar-refractivity contribution in [3.8, 4) is 0 Å². The minimum Gasteiger partial charge on any atom is -0.478 e. The summed E-state index contributed by atoms with van der Waals surface area (Å²) in [5, 5.41) is 19.6. The van der Waals surface area contributed by atoms with Crippen LogP contribution in [0.15, 0.2) is 4.99 Å². The molecule has 4 nitrogen and oxygen atoms in total. The molecule has 0 aliphatic carbocycles. The van der Waals surface area contributed by atoms with Crippen LogP contribution in [0.5, 0.6) is 0 Å². The summed E-state index contributed by atoms with van der Waals surface area (Å²) in [6.07, 6.45) is 10.7. The third-order valence-corrected chi connectivity index (χ3v) is 4.53. The van der Waals surface area contributed by atoms with Gasteiger partial charge in [0.25, 0.3) is 0 Å². The van der Waals surface area contributed by atoms with Crippen molar-refractivity contribution in [1.82, 2.24) is 0 Å². The molecule has 0 saturated carbocycles. The van der Waals surface area contributed by atoms with E-state index in [4.69, 9.17) is 4.74 Å². The number of aliphatic imine (C=N–C) groups is 1. The van der Waals surface area contributed by atoms with E-state index < -0.39 is 5.41 Å². The first-order valence-electron chi connectivity index (χ1n) is 8.94. The van der Waals surface area contributed by atoms with Gasteiger partial charge in [-0.05, 0) is 20.3 Å². The van der Waals surface area contributed by atoms with E-state index in [0.717, 1.165) is 19.3 Å². The summed E-state index contributed by atoms with van der Waals surface area (Å²) in [7, 11) is 0. The van der Waals surface area contributed by atoms with Crippen LogP contribution in [0.4, 0.5) is 0 Å². The first-order valence-corrected chi connectivity index (χ1v) is 8.94. The molecule has 22 heavy (non-hydrogen) atoms. The molecule has 1 aliphatic heterocycles. The fourth-order valence-corrected chi connectivity index (χ4v) is 2.90. The number of aliphatic hydroxyl groups is 2. The molecule has 0 saturated heterocycles. The van der Waals surface area contributed by atoms with Gasteiger partial charge in [-0.3, -0.25) is 0 Å². The van der Waals surface area contributed by atoms with E-state index in [1.54, 1.807) is 0 Å². The van der Waals surface area contributed by atoms with Crippen molar-refractivity contribution in [3.63, 3.8) is 0 Å². The van der Waals surface area contributed by atoms with E-state index in [9.17, 15) is 10.2 Å². The van der Waals surface area contributed by atoms with Gasteiger partial charge in [0.1, 0.15) is 6.61 Å². The van der Waals surface area contributed by atoms with Crippen LogP contribution >= 0.6 is 0 Å². The number of hydrogen-bond donors (Lipinski definition) is 2. The van der Waals surface area contributed by atoms with Crippen molar-refractivity contribution in [3.05, 3.63) is 0 Å². The van der Waals surface area contributed by atoms with Crippen LogP contribution in [0.25, 0.3) is 0 Å². The maximum absolute atomic E-state index is 9.79. The highest BCUT2D eigenvalue weighted by molar-refractivity contribution is 5.84. The van der Waals surface area contributed by atoms with E-state index >= 15 is 0 Å². The lowest BCUT2D eigenvalue weighted by Gasteiger charge is -2.28. The Morgan fingerprint density at radius 3 is 2.00 bits per heavy atom. The number of rotatable bonds is 12. The molecule has 0 aromatic heterocycles. The van der Waals surface area contributed by atoms with Gasteiger partial charge >= 0.3 is 0 Å². The van der Waals surface area contributed by atoms with Crippen LogP contribution in [0, 0.1) is 5.41 Å². The summed E-state index contributed by atoms with van der Waals surface area (Å²) in [4.78, 5) is 4.56. The van der Waals surface area contributed by atoms with Gasteiger partial charge in [-0.25, -0.2) is 4.99 Å². The highest BCUT2D eigenvalue weighted by Crippen LogP contribution is 2.32. The lowest BCUT2D eigenvalue weighted by Crippen LogP contribution is -2.39. The van der Waals surface area contributed by atoms with Crippen molar-refractivity contribution in [1.29, 1.82) is 0 Å². The second kappa shape index (κ2) is 9.51. The quantitative estimate of drug-likeness (QED) is 0.540. The van der Waals surface area contributed by atoms with Crippen molar-refractivity contribution in [2.45, 2.75) is 84.1 Å². The fraction of sp³-hybridized carbons (Fsp3) is 0.944. The first-order chi connectivity index (χ1) is 10.5. The molecule has 0 atom stereocenters. The predicted molar refractivity (Wildman–Crippen MR) is 91.3 cm³/mol. The molecule has 0 radical (unpaired) electrons. The molecule has 130 valence electrons. The largest absolute Gasteiger partial charge is 0.478 e. The Labute approximate surface area is 136 Å². The Morgan fingerprint density at radius 1 is 1.00 bits per heavy atom. The Balaban J connectivity index is 2.36. The van der Waals surface area contributed by atoms with E-state index in [-0.39, 0.29) is 18.8 Å². The molecular formula is C18H35NO3. The van der Waals surface area contributed by atoms with Crippen LogP contribution < -0.4 is 0 Å². The standard InChI is InChI=1S/C18H35NO3/c1-4-5-6-7-8-9-10-11-12-18(13-20,14-21)16-19-17(2,3)15-22-16/h20-21H,4-15H2,1-3H3. The van der Waals surface area contributed by atoms with Crippen molar-refractivity contribution >= 4 is 5.90 Å². The predicted octanol–water partition coefficient (Wildman–Crippen LogP) is 3.70. The normalized spacial score (nSPS) is 17.4. The highest BCUT2D eigenvalue weighted by atomic mass is 16.5. The van der Waals surface area contributed by atoms with Crippen LogP contribution in [0.1, 0.15) is 78.6 Å². The smallest absolute Gasteiger partial charge is 0.195 e. The number of nitrogens with zero attached hydrogens (tertiary/aromatic N) is 1. The zero-order valence-corrected chi connectivity index (χ0v) is 14.7. The summed E-state index contributed by atoms with van der Waals surface area (Å²) in [6.45, 7) is 6.58. The Bertz CT molecular complexity index is 335. The summed E-state index contributed by atoms with van der Waals surface area (Å²) >= 11 is 0. The van der Waals surface area contributed by atoms with E-state index in [0.29, 0.717) is 12.5 Å². The average molecular weight is 313 g/mol. The van der Waals surface area contributed by atoms with Gasteiger partial charge in [-0.1, -0.05) is 58.3 Å². The van der Waals surface area contributed by atoms with Gasteiger partial charge in [0.2, 0.25) is 0 Å². The second-order valence-electron chi connectivity index (χ2n) is 7.34. The lowest BCUT2D eigenvalue weighted by molar-refractivity contribution is 0.0789. The Hall–Kier alpha value is -0.610. The van der Waals surface area contributed by atoms with Crippen molar-refractivity contribution < 1.29 is 14.9 Å². The molecule has 0 unspecified atom stereocenters. The topological polar surface area (TPSA) is 62.0 Å². The van der Waals surface area contributed by atoms with E-state index in [1.165, 1.54) is 38.5 Å². The van der Waals surface area contributed by atoms with Crippen molar-refractivity contribution in [2.75, 3.05) is 19.8 Å². The first kappa shape index (κ1) is 19.4. The summed E-state index contributed by atoms with van der Waals surface area (Å²) in [5.41, 5.74) is -0.944. The van der Waals surface area contributed by atoms with Gasteiger partial charge in [0.05, 0.1) is 24.2 Å². The summed E-state index contributed by atoms with van der Waals surface area (Å²) in [6, 6.07) is 0. The van der Waals surface area contributed by atoms with E-state index in [2.05, 4.69) is 11.9 Å². The molecular weight excluding hydrogens is 278 g/mol. The molecule has 4 heteroatoms. The van der Waals surface area contributed by atoms with Crippen LogP contribution in [0.2, 0.25) is 0 Å². The fourth-order valence-electron chi connectivity index (χ4n) is 2.90. The number of unbranched alkanes of at least 4 members (excludes halogenated alkanes) is 7. The third kappa shape index (κ3) is 5.88. The van der Waals surface area contributed by atoms with Gasteiger partial charge < -0.3 is 14.9 Å². The number of ether oxygens (including phenoxy) is 1. The SMILES string of the molecule is CCCCCCCCCCC(CO)(CO)C1=NC(C)(C)CO1. The summed E-state index contributed by atoms with van der Waals surface area (Å²) in [5.74, 6) is 0.547. The molecule has 1 rings (SSSR count). The minimum atomic E-state index is -0.698. The Morgan fingerprint density at radius 2 is 1.55 bits per heavy atom. The zero-order chi connectivity index (χ0) is 16.5. The monoisotopic (exact) mass is 313 g/mol. The number of hydrogen-bond acceptors (Lipinski definition) is 4. The van der Waals surface area contributed by atoms with Gasteiger partial charge in [0, 0.05) is 0 Å². The maximum atomic E-state index is 9.79. The Kier molecular flexibility index (Phi) is 8.40. The van der Waals surface area contributed by atoms with E-state index in [1.807, 2.05) is 13.8 Å². The zero-order valence-electron chi connectivity index (χ0n) is 14.7. The van der Waals surface area contributed by atoms with Crippen LogP contribution in [0.3, 0.4) is 0 Å². The van der Waals surface area contributed by atoms with Gasteiger partial charge in [-0.2, -0.15) is 0 Å². The summed E-state index contributed by atoms with van der Waals surface area (Å²) < 4.78 is 5.67.